The van der Waals surface area contributed by atoms with Crippen LogP contribution in [0.1, 0.15) is 6.42 Å². The molecule has 0 saturated carbocycles. The van der Waals surface area contributed by atoms with E-state index in [1.54, 1.807) is 0 Å². The third-order valence-corrected chi connectivity index (χ3v) is 2.35. The maximum atomic E-state index is 10.4. The minimum atomic E-state index is -0.717. The van der Waals surface area contributed by atoms with E-state index in [1.165, 1.54) is 0 Å². The highest BCUT2D eigenvalue weighted by molar-refractivity contribution is 5.69. The van der Waals surface area contributed by atoms with Crippen molar-refractivity contribution in [2.24, 2.45) is 5.92 Å². The van der Waals surface area contributed by atoms with Crippen LogP contribution in [0.3, 0.4) is 0 Å². The normalized spacial score (nSPS) is 24.1. The number of likely N-dealkylation sites (tertiary alicyclic amines) is 1. The molecule has 1 saturated heterocycles. The van der Waals surface area contributed by atoms with E-state index in [9.17, 15) is 4.79 Å². The molecule has 4 heteroatoms. The summed E-state index contributed by atoms with van der Waals surface area (Å²) in [6, 6.07) is 0. The van der Waals surface area contributed by atoms with Gasteiger partial charge in [0.1, 0.15) is 0 Å². The van der Waals surface area contributed by atoms with Crippen molar-refractivity contribution in [1.82, 2.24) is 9.80 Å². The lowest BCUT2D eigenvalue weighted by Gasteiger charge is -2.16. The summed E-state index contributed by atoms with van der Waals surface area (Å²) in [5, 5.41) is 8.59. The van der Waals surface area contributed by atoms with Gasteiger partial charge in [-0.3, -0.25) is 9.69 Å². The summed E-state index contributed by atoms with van der Waals surface area (Å²) in [6.45, 7) is 3.13. The maximum absolute atomic E-state index is 10.4. The number of hydrogen-bond donors (Lipinski definition) is 1. The first kappa shape index (κ1) is 10.5. The fourth-order valence-electron chi connectivity index (χ4n) is 1.91. The average molecular weight is 186 g/mol. The van der Waals surface area contributed by atoms with Crippen molar-refractivity contribution in [3.63, 3.8) is 0 Å². The standard InChI is InChI=1S/C9H18N2O2/c1-10(2)5-8-3-4-11(6-8)7-9(12)13/h8H,3-7H2,1-2H3,(H,12,13). The van der Waals surface area contributed by atoms with E-state index < -0.39 is 5.97 Å². The summed E-state index contributed by atoms with van der Waals surface area (Å²) < 4.78 is 0. The second kappa shape index (κ2) is 4.58. The van der Waals surface area contributed by atoms with Gasteiger partial charge in [0.05, 0.1) is 6.54 Å². The molecular formula is C9H18N2O2. The minimum Gasteiger partial charge on any atom is -0.480 e. The summed E-state index contributed by atoms with van der Waals surface area (Å²) in [5.41, 5.74) is 0. The van der Waals surface area contributed by atoms with E-state index in [4.69, 9.17) is 5.11 Å². The molecule has 1 fully saturated rings. The first-order valence-electron chi connectivity index (χ1n) is 4.67. The number of carboxylic acids is 1. The molecule has 1 aliphatic heterocycles. The quantitative estimate of drug-likeness (QED) is 0.669. The molecule has 0 amide bonds. The molecule has 1 heterocycles. The van der Waals surface area contributed by atoms with Crippen molar-refractivity contribution in [1.29, 1.82) is 0 Å². The fourth-order valence-corrected chi connectivity index (χ4v) is 1.91. The molecule has 1 unspecified atom stereocenters. The Morgan fingerprint density at radius 2 is 2.31 bits per heavy atom. The Kier molecular flexibility index (Phi) is 3.69. The third-order valence-electron chi connectivity index (χ3n) is 2.35. The lowest BCUT2D eigenvalue weighted by molar-refractivity contribution is -0.138. The van der Waals surface area contributed by atoms with Crippen LogP contribution in [-0.2, 0) is 4.79 Å². The van der Waals surface area contributed by atoms with Gasteiger partial charge in [0, 0.05) is 13.1 Å². The van der Waals surface area contributed by atoms with Crippen LogP contribution in [0.5, 0.6) is 0 Å². The molecule has 0 aliphatic carbocycles. The number of carbonyl (C=O) groups is 1. The zero-order valence-corrected chi connectivity index (χ0v) is 8.36. The van der Waals surface area contributed by atoms with Crippen LogP contribution in [0.15, 0.2) is 0 Å². The van der Waals surface area contributed by atoms with Gasteiger partial charge in [0.15, 0.2) is 0 Å². The highest BCUT2D eigenvalue weighted by Gasteiger charge is 2.23. The highest BCUT2D eigenvalue weighted by Crippen LogP contribution is 2.15. The van der Waals surface area contributed by atoms with Gasteiger partial charge in [-0.2, -0.15) is 0 Å². The molecule has 0 aromatic rings. The lowest BCUT2D eigenvalue weighted by Crippen LogP contribution is -2.29. The van der Waals surface area contributed by atoms with E-state index in [2.05, 4.69) is 19.0 Å². The van der Waals surface area contributed by atoms with Crippen molar-refractivity contribution < 1.29 is 9.90 Å². The minimum absolute atomic E-state index is 0.198. The Morgan fingerprint density at radius 3 is 2.85 bits per heavy atom. The predicted octanol–water partition coefficient (Wildman–Crippen LogP) is -0.0455. The Hall–Kier alpha value is -0.610. The van der Waals surface area contributed by atoms with Crippen molar-refractivity contribution in [2.75, 3.05) is 40.3 Å². The third kappa shape index (κ3) is 3.74. The first-order chi connectivity index (χ1) is 6.08. The number of hydrogen-bond acceptors (Lipinski definition) is 3. The first-order valence-corrected chi connectivity index (χ1v) is 4.67. The van der Waals surface area contributed by atoms with Crippen molar-refractivity contribution >= 4 is 5.97 Å². The van der Waals surface area contributed by atoms with E-state index in [-0.39, 0.29) is 6.54 Å². The van der Waals surface area contributed by atoms with Gasteiger partial charge in [-0.25, -0.2) is 0 Å². The molecule has 76 valence electrons. The van der Waals surface area contributed by atoms with Crippen LogP contribution in [0, 0.1) is 5.92 Å². The van der Waals surface area contributed by atoms with Crippen LogP contribution in [0.4, 0.5) is 0 Å². The molecule has 13 heavy (non-hydrogen) atoms. The Bertz CT molecular complexity index is 182. The van der Waals surface area contributed by atoms with Crippen molar-refractivity contribution in [3.05, 3.63) is 0 Å². The second-order valence-electron chi connectivity index (χ2n) is 4.05. The van der Waals surface area contributed by atoms with Crippen molar-refractivity contribution in [2.45, 2.75) is 6.42 Å². The van der Waals surface area contributed by atoms with Gasteiger partial charge in [0.25, 0.3) is 0 Å². The summed E-state index contributed by atoms with van der Waals surface area (Å²) in [6.07, 6.45) is 1.13. The average Bonchev–Trinajstić information content (AvgIpc) is 2.33. The van der Waals surface area contributed by atoms with Crippen LogP contribution in [-0.4, -0.2) is 61.2 Å². The highest BCUT2D eigenvalue weighted by atomic mass is 16.4. The van der Waals surface area contributed by atoms with Crippen LogP contribution in [0.25, 0.3) is 0 Å². The number of carboxylic acid groups (broad SMARTS) is 1. The molecule has 1 rings (SSSR count). The zero-order chi connectivity index (χ0) is 9.84. The van der Waals surface area contributed by atoms with E-state index >= 15 is 0 Å². The monoisotopic (exact) mass is 186 g/mol. The predicted molar refractivity (Wildman–Crippen MR) is 50.7 cm³/mol. The number of aliphatic carboxylic acids is 1. The molecule has 1 aliphatic rings. The van der Waals surface area contributed by atoms with E-state index in [0.717, 1.165) is 26.1 Å². The van der Waals surface area contributed by atoms with E-state index in [0.29, 0.717) is 5.92 Å². The molecular weight excluding hydrogens is 168 g/mol. The molecule has 0 bridgehead atoms. The lowest BCUT2D eigenvalue weighted by atomic mass is 10.1. The maximum Gasteiger partial charge on any atom is 0.317 e. The Morgan fingerprint density at radius 1 is 1.62 bits per heavy atom. The summed E-state index contributed by atoms with van der Waals surface area (Å²) >= 11 is 0. The SMILES string of the molecule is CN(C)CC1CCN(CC(=O)O)C1. The van der Waals surface area contributed by atoms with Gasteiger partial charge >= 0.3 is 5.97 Å². The molecule has 1 N–H and O–H groups in total. The van der Waals surface area contributed by atoms with Crippen molar-refractivity contribution in [3.8, 4) is 0 Å². The largest absolute Gasteiger partial charge is 0.480 e. The Labute approximate surface area is 79.1 Å². The molecule has 0 radical (unpaired) electrons. The molecule has 4 nitrogen and oxygen atoms in total. The topological polar surface area (TPSA) is 43.8 Å². The molecule has 0 aromatic heterocycles. The van der Waals surface area contributed by atoms with Crippen LogP contribution < -0.4 is 0 Å². The fraction of sp³-hybridized carbons (Fsp3) is 0.889. The smallest absolute Gasteiger partial charge is 0.317 e. The van der Waals surface area contributed by atoms with Crippen LogP contribution in [0.2, 0.25) is 0 Å². The second-order valence-corrected chi connectivity index (χ2v) is 4.05. The van der Waals surface area contributed by atoms with Gasteiger partial charge in [-0.05, 0) is 33.0 Å². The molecule has 0 spiro atoms. The van der Waals surface area contributed by atoms with Gasteiger partial charge in [0.2, 0.25) is 0 Å². The van der Waals surface area contributed by atoms with Crippen LogP contribution >= 0.6 is 0 Å². The zero-order valence-electron chi connectivity index (χ0n) is 8.36. The van der Waals surface area contributed by atoms with E-state index in [1.807, 2.05) is 4.90 Å². The summed E-state index contributed by atoms with van der Waals surface area (Å²) in [7, 11) is 4.11. The van der Waals surface area contributed by atoms with Gasteiger partial charge in [-0.1, -0.05) is 0 Å². The molecule has 1 atom stereocenters. The number of rotatable bonds is 4. The number of nitrogens with zero attached hydrogens (tertiary/aromatic N) is 2. The summed E-state index contributed by atoms with van der Waals surface area (Å²) in [4.78, 5) is 14.6. The summed E-state index contributed by atoms with van der Waals surface area (Å²) in [5.74, 6) is -0.0696. The van der Waals surface area contributed by atoms with Gasteiger partial charge < -0.3 is 10.0 Å². The molecule has 0 aromatic carbocycles. The Balaban J connectivity index is 2.24. The van der Waals surface area contributed by atoms with Gasteiger partial charge in [-0.15, -0.1) is 0 Å².